The topological polar surface area (TPSA) is 43.2 Å². The van der Waals surface area contributed by atoms with Crippen LogP contribution in [0.1, 0.15) is 13.8 Å². The quantitative estimate of drug-likeness (QED) is 0.421. The number of hydrogen-bond acceptors (Lipinski definition) is 4. The van der Waals surface area contributed by atoms with Crippen molar-refractivity contribution in [1.29, 1.82) is 0 Å². The predicted octanol–water partition coefficient (Wildman–Crippen LogP) is 4.73. The van der Waals surface area contributed by atoms with Crippen molar-refractivity contribution in [1.82, 2.24) is 0 Å². The molecular weight excluding hydrogens is 352 g/mol. The highest BCUT2D eigenvalue weighted by molar-refractivity contribution is 6.93. The first kappa shape index (κ1) is 19.2. The number of benzene rings is 3. The Balaban J connectivity index is 2.11. The Kier molecular flexibility index (Phi) is 6.65. The van der Waals surface area contributed by atoms with Gasteiger partial charge in [-0.2, -0.15) is 10.2 Å². The molecule has 0 radical (unpaired) electrons. The van der Waals surface area contributed by atoms with Gasteiger partial charge in [-0.05, 0) is 37.2 Å². The van der Waals surface area contributed by atoms with Crippen LogP contribution in [0.2, 0.25) is 0 Å². The zero-order valence-electron chi connectivity index (χ0n) is 15.7. The molecule has 0 amide bonds. The van der Waals surface area contributed by atoms with Gasteiger partial charge in [-0.3, -0.25) is 0 Å². The van der Waals surface area contributed by atoms with E-state index in [1.807, 2.05) is 86.6 Å². The first-order valence-corrected chi connectivity index (χ1v) is 11.0. The van der Waals surface area contributed by atoms with Gasteiger partial charge in [-0.15, -0.1) is 0 Å². The highest BCUT2D eigenvalue weighted by Gasteiger charge is 2.44. The van der Waals surface area contributed by atoms with E-state index in [4.69, 9.17) is 8.85 Å². The molecule has 4 nitrogen and oxygen atoms in total. The number of azo groups is 1. The van der Waals surface area contributed by atoms with E-state index >= 15 is 0 Å². The lowest BCUT2D eigenvalue weighted by Gasteiger charge is -2.31. The molecule has 3 rings (SSSR count). The molecule has 0 aliphatic carbocycles. The fourth-order valence-corrected chi connectivity index (χ4v) is 6.30. The molecule has 0 saturated carbocycles. The lowest BCUT2D eigenvalue weighted by molar-refractivity contribution is 0.208. The molecule has 5 heteroatoms. The van der Waals surface area contributed by atoms with Crippen LogP contribution in [0.3, 0.4) is 0 Å². The maximum atomic E-state index is 6.35. The summed E-state index contributed by atoms with van der Waals surface area (Å²) in [6.45, 7) is 5.12. The molecule has 0 heterocycles. The smallest absolute Gasteiger partial charge is 0.388 e. The first-order valence-electron chi connectivity index (χ1n) is 9.20. The minimum Gasteiger partial charge on any atom is -0.388 e. The summed E-state index contributed by atoms with van der Waals surface area (Å²) >= 11 is 0. The Morgan fingerprint density at radius 3 is 1.85 bits per heavy atom. The average molecular weight is 377 g/mol. The molecule has 0 bridgehead atoms. The van der Waals surface area contributed by atoms with Crippen LogP contribution in [0.15, 0.2) is 95.2 Å². The Morgan fingerprint density at radius 2 is 1.22 bits per heavy atom. The van der Waals surface area contributed by atoms with Crippen molar-refractivity contribution in [2.45, 2.75) is 13.8 Å². The van der Waals surface area contributed by atoms with Crippen LogP contribution < -0.4 is 10.4 Å². The van der Waals surface area contributed by atoms with Gasteiger partial charge in [0.15, 0.2) is 0 Å². The summed E-state index contributed by atoms with van der Waals surface area (Å²) in [5, 5.41) is 11.0. The Bertz CT molecular complexity index is 864. The van der Waals surface area contributed by atoms with Crippen molar-refractivity contribution in [2.75, 3.05) is 13.2 Å². The molecular formula is C22H24N2O2Si. The second-order valence-electron chi connectivity index (χ2n) is 5.90. The fourth-order valence-electron chi connectivity index (χ4n) is 3.03. The Hall–Kier alpha value is -2.60. The molecule has 0 fully saturated rings. The van der Waals surface area contributed by atoms with Crippen molar-refractivity contribution in [2.24, 2.45) is 10.2 Å². The van der Waals surface area contributed by atoms with Gasteiger partial charge in [0.05, 0.1) is 11.4 Å². The molecule has 0 aliphatic heterocycles. The van der Waals surface area contributed by atoms with Crippen LogP contribution >= 0.6 is 0 Å². The number of hydrogen-bond donors (Lipinski definition) is 0. The summed E-state index contributed by atoms with van der Waals surface area (Å²) in [6.07, 6.45) is 0. The van der Waals surface area contributed by atoms with Crippen molar-refractivity contribution in [3.63, 3.8) is 0 Å². The van der Waals surface area contributed by atoms with Crippen LogP contribution in [0.4, 0.5) is 11.4 Å². The molecule has 3 aromatic rings. The lowest BCUT2D eigenvalue weighted by Crippen LogP contribution is -2.63. The van der Waals surface area contributed by atoms with E-state index in [0.717, 1.165) is 21.7 Å². The molecule has 0 saturated heterocycles. The van der Waals surface area contributed by atoms with Gasteiger partial charge in [0.25, 0.3) is 0 Å². The third kappa shape index (κ3) is 4.39. The van der Waals surface area contributed by atoms with E-state index in [9.17, 15) is 0 Å². The standard InChI is InChI=1S/C22H24N2O2Si/c1-3-25-27(26-4-2,20-15-9-6-10-16-20)22-18-12-11-17-21(22)24-23-19-13-7-5-8-14-19/h5-18H,3-4H2,1-2H3. The van der Waals surface area contributed by atoms with E-state index in [1.54, 1.807) is 0 Å². The summed E-state index contributed by atoms with van der Waals surface area (Å²) in [5.74, 6) is 0. The average Bonchev–Trinajstić information content (AvgIpc) is 2.74. The van der Waals surface area contributed by atoms with Crippen molar-refractivity contribution < 1.29 is 8.85 Å². The van der Waals surface area contributed by atoms with Crippen LogP contribution in [-0.2, 0) is 8.85 Å². The minimum absolute atomic E-state index is 0.561. The highest BCUT2D eigenvalue weighted by Crippen LogP contribution is 2.21. The largest absolute Gasteiger partial charge is 0.409 e. The third-order valence-corrected chi connectivity index (χ3v) is 7.75. The van der Waals surface area contributed by atoms with Gasteiger partial charge < -0.3 is 8.85 Å². The first-order chi connectivity index (χ1) is 13.3. The number of rotatable bonds is 8. The monoisotopic (exact) mass is 376 g/mol. The van der Waals surface area contributed by atoms with Crippen molar-refractivity contribution in [3.8, 4) is 0 Å². The Labute approximate surface area is 161 Å². The van der Waals surface area contributed by atoms with Gasteiger partial charge in [0.1, 0.15) is 0 Å². The lowest BCUT2D eigenvalue weighted by atomic mass is 10.3. The summed E-state index contributed by atoms with van der Waals surface area (Å²) in [6, 6.07) is 27.9. The van der Waals surface area contributed by atoms with E-state index in [-0.39, 0.29) is 0 Å². The van der Waals surface area contributed by atoms with E-state index in [1.165, 1.54) is 0 Å². The molecule has 0 atom stereocenters. The van der Waals surface area contributed by atoms with Gasteiger partial charge in [-0.1, -0.05) is 66.7 Å². The molecule has 0 aliphatic rings. The summed E-state index contributed by atoms with van der Waals surface area (Å²) in [7, 11) is -2.88. The maximum Gasteiger partial charge on any atom is 0.409 e. The van der Waals surface area contributed by atoms with E-state index in [0.29, 0.717) is 13.2 Å². The summed E-state index contributed by atoms with van der Waals surface area (Å²) in [4.78, 5) is 0. The summed E-state index contributed by atoms with van der Waals surface area (Å²) in [5.41, 5.74) is 1.59. The van der Waals surface area contributed by atoms with Gasteiger partial charge >= 0.3 is 8.56 Å². The van der Waals surface area contributed by atoms with Gasteiger partial charge in [-0.25, -0.2) is 0 Å². The molecule has 27 heavy (non-hydrogen) atoms. The second-order valence-corrected chi connectivity index (χ2v) is 8.83. The second kappa shape index (κ2) is 9.37. The molecule has 0 unspecified atom stereocenters. The molecule has 3 aromatic carbocycles. The van der Waals surface area contributed by atoms with Crippen molar-refractivity contribution in [3.05, 3.63) is 84.9 Å². The van der Waals surface area contributed by atoms with Gasteiger partial charge in [0.2, 0.25) is 0 Å². The minimum atomic E-state index is -2.88. The fraction of sp³-hybridized carbons (Fsp3) is 0.182. The zero-order chi connectivity index (χ0) is 19.0. The SMILES string of the molecule is CCO[Si](OCC)(c1ccccc1)c1ccccc1N=Nc1ccccc1. The Morgan fingerprint density at radius 1 is 0.667 bits per heavy atom. The normalized spacial score (nSPS) is 11.8. The van der Waals surface area contributed by atoms with Gasteiger partial charge in [0, 0.05) is 18.4 Å². The predicted molar refractivity (Wildman–Crippen MR) is 112 cm³/mol. The summed E-state index contributed by atoms with van der Waals surface area (Å²) < 4.78 is 12.7. The van der Waals surface area contributed by atoms with Crippen LogP contribution in [0.5, 0.6) is 0 Å². The molecule has 0 aromatic heterocycles. The van der Waals surface area contributed by atoms with E-state index < -0.39 is 8.56 Å². The molecule has 138 valence electrons. The van der Waals surface area contributed by atoms with Crippen molar-refractivity contribution >= 4 is 30.3 Å². The van der Waals surface area contributed by atoms with E-state index in [2.05, 4.69) is 22.4 Å². The number of nitrogens with zero attached hydrogens (tertiary/aromatic N) is 2. The highest BCUT2D eigenvalue weighted by atomic mass is 28.4. The van der Waals surface area contributed by atoms with Crippen LogP contribution in [0.25, 0.3) is 0 Å². The third-order valence-electron chi connectivity index (χ3n) is 4.14. The van der Waals surface area contributed by atoms with Crippen LogP contribution in [0, 0.1) is 0 Å². The molecule has 0 N–H and O–H groups in total. The maximum absolute atomic E-state index is 6.35. The zero-order valence-corrected chi connectivity index (χ0v) is 16.7. The molecule has 0 spiro atoms. The van der Waals surface area contributed by atoms with Crippen LogP contribution in [-0.4, -0.2) is 21.8 Å².